The third-order valence-corrected chi connectivity index (χ3v) is 4.35. The minimum Gasteiger partial charge on any atom is -0.378 e. The van der Waals surface area contributed by atoms with Crippen LogP contribution in [0.3, 0.4) is 0 Å². The molecule has 118 valence electrons. The fraction of sp³-hybridized carbons (Fsp3) is 0.353. The van der Waals surface area contributed by atoms with E-state index in [2.05, 4.69) is 20.9 Å². The van der Waals surface area contributed by atoms with E-state index in [-0.39, 0.29) is 0 Å². The third kappa shape index (κ3) is 3.31. The quantitative estimate of drug-likeness (QED) is 0.638. The summed E-state index contributed by atoms with van der Waals surface area (Å²) < 4.78 is 5.41. The smallest absolute Gasteiger partial charge is 0.189 e. The van der Waals surface area contributed by atoms with E-state index in [9.17, 15) is 5.26 Å². The van der Waals surface area contributed by atoms with Gasteiger partial charge in [-0.1, -0.05) is 41.6 Å². The zero-order valence-corrected chi connectivity index (χ0v) is 14.1. The Morgan fingerprint density at radius 3 is 2.48 bits per heavy atom. The van der Waals surface area contributed by atoms with Crippen LogP contribution in [0.1, 0.15) is 11.1 Å². The molecule has 0 unspecified atom stereocenters. The predicted octanol–water partition coefficient (Wildman–Crippen LogP) is 2.88. The van der Waals surface area contributed by atoms with Crippen LogP contribution in [-0.4, -0.2) is 42.5 Å². The second-order valence-corrected chi connectivity index (χ2v) is 6.11. The number of hydrogen-bond acceptors (Lipinski definition) is 6. The molecule has 0 radical (unpaired) electrons. The van der Waals surface area contributed by atoms with Gasteiger partial charge in [-0.2, -0.15) is 5.26 Å². The van der Waals surface area contributed by atoms with Gasteiger partial charge in [0.15, 0.2) is 11.0 Å². The molecule has 1 aliphatic heterocycles. The van der Waals surface area contributed by atoms with E-state index in [0.29, 0.717) is 35.4 Å². The average molecular weight is 326 g/mol. The van der Waals surface area contributed by atoms with Gasteiger partial charge in [0.1, 0.15) is 11.6 Å². The van der Waals surface area contributed by atoms with Crippen molar-refractivity contribution in [1.29, 1.82) is 5.26 Å². The number of thioether (sulfide) groups is 1. The highest BCUT2D eigenvalue weighted by atomic mass is 32.2. The maximum atomic E-state index is 9.71. The van der Waals surface area contributed by atoms with Gasteiger partial charge in [0.05, 0.1) is 18.9 Å². The molecule has 2 aromatic rings. The Bertz CT molecular complexity index is 733. The topological polar surface area (TPSA) is 62.0 Å². The summed E-state index contributed by atoms with van der Waals surface area (Å²) >= 11 is 1.49. The zero-order chi connectivity index (χ0) is 16.2. The Hall–Kier alpha value is -2.10. The molecule has 3 rings (SSSR count). The summed E-state index contributed by atoms with van der Waals surface area (Å²) in [5.74, 6) is 0.714. The molecule has 5 nitrogen and oxygen atoms in total. The molecule has 6 heteroatoms. The third-order valence-electron chi connectivity index (χ3n) is 3.80. The summed E-state index contributed by atoms with van der Waals surface area (Å²) in [4.78, 5) is 11.3. The molecule has 0 aliphatic carbocycles. The summed E-state index contributed by atoms with van der Waals surface area (Å²) in [7, 11) is 0. The van der Waals surface area contributed by atoms with E-state index in [1.807, 2.05) is 37.4 Å². The van der Waals surface area contributed by atoms with Crippen molar-refractivity contribution in [1.82, 2.24) is 9.97 Å². The Kier molecular flexibility index (Phi) is 4.79. The number of aryl methyl sites for hydroxylation is 1. The van der Waals surface area contributed by atoms with Crippen LogP contribution in [0.5, 0.6) is 0 Å². The molecule has 1 fully saturated rings. The number of benzene rings is 1. The van der Waals surface area contributed by atoms with Crippen LogP contribution in [-0.2, 0) is 4.74 Å². The van der Waals surface area contributed by atoms with Crippen molar-refractivity contribution in [3.63, 3.8) is 0 Å². The largest absolute Gasteiger partial charge is 0.378 e. The second-order valence-electron chi connectivity index (χ2n) is 5.33. The van der Waals surface area contributed by atoms with Crippen molar-refractivity contribution in [3.8, 4) is 17.3 Å². The number of nitriles is 1. The summed E-state index contributed by atoms with van der Waals surface area (Å²) in [6.07, 6.45) is 1.95. The van der Waals surface area contributed by atoms with Crippen LogP contribution >= 0.6 is 11.8 Å². The normalized spacial score (nSPS) is 14.6. The van der Waals surface area contributed by atoms with Crippen LogP contribution in [0.4, 0.5) is 5.82 Å². The number of ether oxygens (including phenoxy) is 1. The van der Waals surface area contributed by atoms with E-state index < -0.39 is 0 Å². The van der Waals surface area contributed by atoms with Gasteiger partial charge in [-0.15, -0.1) is 0 Å². The summed E-state index contributed by atoms with van der Waals surface area (Å²) in [5, 5.41) is 10.4. The fourth-order valence-electron chi connectivity index (χ4n) is 2.55. The van der Waals surface area contributed by atoms with Crippen LogP contribution in [0.25, 0.3) is 11.3 Å². The zero-order valence-electron chi connectivity index (χ0n) is 13.2. The summed E-state index contributed by atoms with van der Waals surface area (Å²) in [5.41, 5.74) is 3.36. The molecule has 2 heterocycles. The standard InChI is InChI=1S/C17H18N4OS/c1-12-3-5-13(6-4-12)15-14(11-18)16(20-17(19-15)23-2)21-7-9-22-10-8-21/h3-6H,7-10H2,1-2H3. The Morgan fingerprint density at radius 2 is 1.87 bits per heavy atom. The predicted molar refractivity (Wildman–Crippen MR) is 91.7 cm³/mol. The highest BCUT2D eigenvalue weighted by molar-refractivity contribution is 7.98. The Morgan fingerprint density at radius 1 is 1.17 bits per heavy atom. The highest BCUT2D eigenvalue weighted by Gasteiger charge is 2.22. The minimum absolute atomic E-state index is 0.536. The van der Waals surface area contributed by atoms with E-state index in [1.165, 1.54) is 17.3 Å². The average Bonchev–Trinajstić information content (AvgIpc) is 2.62. The van der Waals surface area contributed by atoms with E-state index in [4.69, 9.17) is 4.74 Å². The molecule has 0 spiro atoms. The lowest BCUT2D eigenvalue weighted by Gasteiger charge is -2.29. The number of rotatable bonds is 3. The number of morpholine rings is 1. The van der Waals surface area contributed by atoms with Crippen molar-refractivity contribution < 1.29 is 4.74 Å². The Labute approximate surface area is 140 Å². The van der Waals surface area contributed by atoms with Crippen LogP contribution < -0.4 is 4.90 Å². The highest BCUT2D eigenvalue weighted by Crippen LogP contribution is 2.30. The number of hydrogen-bond donors (Lipinski definition) is 0. The maximum absolute atomic E-state index is 9.71. The summed E-state index contributed by atoms with van der Waals surface area (Å²) in [6.45, 7) is 4.84. The van der Waals surface area contributed by atoms with E-state index in [0.717, 1.165) is 18.7 Å². The molecule has 1 aliphatic rings. The van der Waals surface area contributed by atoms with Crippen LogP contribution in [0, 0.1) is 18.3 Å². The van der Waals surface area contributed by atoms with Crippen molar-refractivity contribution in [2.75, 3.05) is 37.5 Å². The molecular formula is C17H18N4OS. The molecule has 1 saturated heterocycles. The molecule has 0 bridgehead atoms. The van der Waals surface area contributed by atoms with Gasteiger partial charge in [0.25, 0.3) is 0 Å². The van der Waals surface area contributed by atoms with Gasteiger partial charge >= 0.3 is 0 Å². The SMILES string of the molecule is CSc1nc(-c2ccc(C)cc2)c(C#N)c(N2CCOCC2)n1. The van der Waals surface area contributed by atoms with Crippen molar-refractivity contribution in [3.05, 3.63) is 35.4 Å². The van der Waals surface area contributed by atoms with Gasteiger partial charge in [-0.05, 0) is 13.2 Å². The number of anilines is 1. The van der Waals surface area contributed by atoms with Gasteiger partial charge in [0.2, 0.25) is 0 Å². The fourth-order valence-corrected chi connectivity index (χ4v) is 2.91. The minimum atomic E-state index is 0.536. The Balaban J connectivity index is 2.14. The lowest BCUT2D eigenvalue weighted by Crippen LogP contribution is -2.37. The molecular weight excluding hydrogens is 308 g/mol. The molecule has 1 aromatic carbocycles. The molecule has 0 saturated carbocycles. The second kappa shape index (κ2) is 6.99. The van der Waals surface area contributed by atoms with Gasteiger partial charge in [0, 0.05) is 18.7 Å². The molecule has 0 atom stereocenters. The summed E-state index contributed by atoms with van der Waals surface area (Å²) in [6, 6.07) is 10.4. The van der Waals surface area contributed by atoms with E-state index in [1.54, 1.807) is 0 Å². The van der Waals surface area contributed by atoms with Crippen molar-refractivity contribution in [2.24, 2.45) is 0 Å². The lowest BCUT2D eigenvalue weighted by molar-refractivity contribution is 0.122. The first-order valence-electron chi connectivity index (χ1n) is 7.49. The number of aromatic nitrogens is 2. The first-order chi connectivity index (χ1) is 11.2. The molecule has 0 N–H and O–H groups in total. The first kappa shape index (κ1) is 15.8. The van der Waals surface area contributed by atoms with Crippen LogP contribution in [0.15, 0.2) is 29.4 Å². The van der Waals surface area contributed by atoms with Gasteiger partial charge in [-0.25, -0.2) is 9.97 Å². The lowest BCUT2D eigenvalue weighted by atomic mass is 10.1. The van der Waals surface area contributed by atoms with E-state index >= 15 is 0 Å². The first-order valence-corrected chi connectivity index (χ1v) is 8.71. The molecule has 0 amide bonds. The van der Waals surface area contributed by atoms with Crippen molar-refractivity contribution in [2.45, 2.75) is 12.1 Å². The van der Waals surface area contributed by atoms with Gasteiger partial charge < -0.3 is 9.64 Å². The molecule has 23 heavy (non-hydrogen) atoms. The van der Waals surface area contributed by atoms with Crippen LogP contribution in [0.2, 0.25) is 0 Å². The molecule has 1 aromatic heterocycles. The maximum Gasteiger partial charge on any atom is 0.189 e. The van der Waals surface area contributed by atoms with Gasteiger partial charge in [-0.3, -0.25) is 0 Å². The monoisotopic (exact) mass is 326 g/mol. The number of nitrogens with zero attached hydrogens (tertiary/aromatic N) is 4. The van der Waals surface area contributed by atoms with Crippen molar-refractivity contribution >= 4 is 17.6 Å².